The predicted molar refractivity (Wildman–Crippen MR) is 90.2 cm³/mol. The third-order valence-electron chi connectivity index (χ3n) is 4.60. The van der Waals surface area contributed by atoms with Crippen molar-refractivity contribution < 1.29 is 22.4 Å². The van der Waals surface area contributed by atoms with Gasteiger partial charge in [-0.3, -0.25) is 14.4 Å². The van der Waals surface area contributed by atoms with Gasteiger partial charge in [0, 0.05) is 38.4 Å². The van der Waals surface area contributed by atoms with E-state index < -0.39 is 11.9 Å². The molecule has 0 spiro atoms. The lowest BCUT2D eigenvalue weighted by atomic mass is 10.2. The fourth-order valence-electron chi connectivity index (χ4n) is 3.04. The van der Waals surface area contributed by atoms with E-state index in [0.717, 1.165) is 16.3 Å². The summed E-state index contributed by atoms with van der Waals surface area (Å²) in [6.45, 7) is 4.23. The highest BCUT2D eigenvalue weighted by atomic mass is 19.4. The van der Waals surface area contributed by atoms with E-state index >= 15 is 0 Å². The van der Waals surface area contributed by atoms with Gasteiger partial charge in [0.25, 0.3) is 0 Å². The molecule has 5 nitrogen and oxygen atoms in total. The first-order valence-electron chi connectivity index (χ1n) is 8.58. The Bertz CT molecular complexity index is 793. The van der Waals surface area contributed by atoms with Crippen molar-refractivity contribution in [1.29, 1.82) is 0 Å². The maximum atomic E-state index is 13.0. The number of alkyl halides is 3. The summed E-state index contributed by atoms with van der Waals surface area (Å²) in [6, 6.07) is 7.22. The molecule has 0 saturated carbocycles. The van der Waals surface area contributed by atoms with Crippen molar-refractivity contribution in [3.05, 3.63) is 53.1 Å². The highest BCUT2D eigenvalue weighted by Gasteiger charge is 2.34. The summed E-state index contributed by atoms with van der Waals surface area (Å²) in [5, 5.41) is 3.50. The van der Waals surface area contributed by atoms with Crippen LogP contribution in [0.1, 0.15) is 17.0 Å². The molecule has 0 bridgehead atoms. The number of benzene rings is 1. The zero-order valence-electron chi connectivity index (χ0n) is 14.8. The molecule has 9 heteroatoms. The molecular weight excluding hydrogens is 364 g/mol. The lowest BCUT2D eigenvalue weighted by Crippen LogP contribution is -2.49. The van der Waals surface area contributed by atoms with Crippen molar-refractivity contribution in [2.45, 2.75) is 26.2 Å². The standard InChI is InChI=1S/C18H20F4N4O/c1-13-10-16(18(20,21)22)23-26(13)12-17(27)25-8-6-24(7-9-25)11-14-2-4-15(19)5-3-14/h2-5,10H,6-9,11-12H2,1H3. The molecule has 0 radical (unpaired) electrons. The summed E-state index contributed by atoms with van der Waals surface area (Å²) in [6.07, 6.45) is -4.52. The largest absolute Gasteiger partial charge is 0.435 e. The van der Waals surface area contributed by atoms with Gasteiger partial charge in [-0.15, -0.1) is 0 Å². The fourth-order valence-corrected chi connectivity index (χ4v) is 3.04. The van der Waals surface area contributed by atoms with Crippen molar-refractivity contribution in [1.82, 2.24) is 19.6 Å². The van der Waals surface area contributed by atoms with E-state index in [1.54, 1.807) is 17.0 Å². The van der Waals surface area contributed by atoms with E-state index in [-0.39, 0.29) is 18.3 Å². The van der Waals surface area contributed by atoms with Gasteiger partial charge in [-0.25, -0.2) is 4.39 Å². The number of nitrogens with zero attached hydrogens (tertiary/aromatic N) is 4. The lowest BCUT2D eigenvalue weighted by Gasteiger charge is -2.34. The normalized spacial score (nSPS) is 16.0. The second kappa shape index (κ2) is 7.67. The molecule has 2 aromatic rings. The number of aryl methyl sites for hydroxylation is 1. The minimum atomic E-state index is -4.52. The smallest absolute Gasteiger partial charge is 0.339 e. The summed E-state index contributed by atoms with van der Waals surface area (Å²) in [4.78, 5) is 16.2. The van der Waals surface area contributed by atoms with Gasteiger partial charge in [0.2, 0.25) is 5.91 Å². The first-order valence-corrected chi connectivity index (χ1v) is 8.58. The highest BCUT2D eigenvalue weighted by molar-refractivity contribution is 5.76. The Hall–Kier alpha value is -2.42. The molecule has 1 aromatic heterocycles. The monoisotopic (exact) mass is 384 g/mol. The number of piperazine rings is 1. The Morgan fingerprint density at radius 2 is 1.74 bits per heavy atom. The maximum absolute atomic E-state index is 13.0. The van der Waals surface area contributed by atoms with Gasteiger partial charge >= 0.3 is 6.18 Å². The topological polar surface area (TPSA) is 41.4 Å². The van der Waals surface area contributed by atoms with E-state index in [1.807, 2.05) is 0 Å². The average Bonchev–Trinajstić information content (AvgIpc) is 2.98. The van der Waals surface area contributed by atoms with Crippen LogP contribution >= 0.6 is 0 Å². The van der Waals surface area contributed by atoms with Gasteiger partial charge in [0.1, 0.15) is 12.4 Å². The maximum Gasteiger partial charge on any atom is 0.435 e. The quantitative estimate of drug-likeness (QED) is 0.762. The van der Waals surface area contributed by atoms with Gasteiger partial charge < -0.3 is 4.90 Å². The number of rotatable bonds is 4. The molecule has 1 fully saturated rings. The number of halogens is 4. The van der Waals surface area contributed by atoms with Gasteiger partial charge in [0.05, 0.1) is 0 Å². The molecule has 1 saturated heterocycles. The van der Waals surface area contributed by atoms with Crippen LogP contribution in [-0.2, 0) is 24.1 Å². The predicted octanol–water partition coefficient (Wildman–Crippen LogP) is 2.69. The lowest BCUT2D eigenvalue weighted by molar-refractivity contribution is -0.142. The van der Waals surface area contributed by atoms with Crippen LogP contribution in [0.4, 0.5) is 17.6 Å². The first-order chi connectivity index (χ1) is 12.7. The van der Waals surface area contributed by atoms with Gasteiger partial charge in [0.15, 0.2) is 5.69 Å². The third-order valence-corrected chi connectivity index (χ3v) is 4.60. The fraction of sp³-hybridized carbons (Fsp3) is 0.444. The molecule has 0 aliphatic carbocycles. The molecule has 1 aromatic carbocycles. The van der Waals surface area contributed by atoms with E-state index in [9.17, 15) is 22.4 Å². The van der Waals surface area contributed by atoms with Crippen molar-refractivity contribution in [3.8, 4) is 0 Å². The molecule has 3 rings (SSSR count). The summed E-state index contributed by atoms with van der Waals surface area (Å²) in [5.41, 5.74) is 0.297. The van der Waals surface area contributed by atoms with Gasteiger partial charge in [-0.1, -0.05) is 12.1 Å². The van der Waals surface area contributed by atoms with E-state index in [1.165, 1.54) is 19.1 Å². The van der Waals surface area contributed by atoms with Crippen molar-refractivity contribution in [2.24, 2.45) is 0 Å². The third kappa shape index (κ3) is 4.85. The molecule has 146 valence electrons. The number of amides is 1. The van der Waals surface area contributed by atoms with E-state index in [0.29, 0.717) is 38.4 Å². The van der Waals surface area contributed by atoms with Crippen LogP contribution in [0.25, 0.3) is 0 Å². The SMILES string of the molecule is Cc1cc(C(F)(F)F)nn1CC(=O)N1CCN(Cc2ccc(F)cc2)CC1. The molecule has 0 atom stereocenters. The summed E-state index contributed by atoms with van der Waals surface area (Å²) in [5.74, 6) is -0.534. The number of carbonyl (C=O) groups excluding carboxylic acids is 1. The average molecular weight is 384 g/mol. The zero-order chi connectivity index (χ0) is 19.6. The Kier molecular flexibility index (Phi) is 5.50. The van der Waals surface area contributed by atoms with Crippen LogP contribution in [0.15, 0.2) is 30.3 Å². The molecule has 1 amide bonds. The van der Waals surface area contributed by atoms with Crippen LogP contribution in [0.3, 0.4) is 0 Å². The van der Waals surface area contributed by atoms with Gasteiger partial charge in [-0.2, -0.15) is 18.3 Å². The van der Waals surface area contributed by atoms with E-state index in [2.05, 4.69) is 10.00 Å². The number of hydrogen-bond acceptors (Lipinski definition) is 3. The molecule has 1 aliphatic heterocycles. The molecular formula is C18H20F4N4O. The highest BCUT2D eigenvalue weighted by Crippen LogP contribution is 2.28. The molecule has 1 aliphatic rings. The first kappa shape index (κ1) is 19.3. The van der Waals surface area contributed by atoms with Crippen molar-refractivity contribution in [3.63, 3.8) is 0 Å². The van der Waals surface area contributed by atoms with Crippen molar-refractivity contribution >= 4 is 5.91 Å². The van der Waals surface area contributed by atoms with Gasteiger partial charge in [-0.05, 0) is 30.7 Å². The summed E-state index contributed by atoms with van der Waals surface area (Å²) < 4.78 is 52.2. The number of hydrogen-bond donors (Lipinski definition) is 0. The Labute approximate surface area is 154 Å². The van der Waals surface area contributed by atoms with Crippen LogP contribution in [0.5, 0.6) is 0 Å². The zero-order valence-corrected chi connectivity index (χ0v) is 14.8. The summed E-state index contributed by atoms with van der Waals surface area (Å²) in [7, 11) is 0. The second-order valence-electron chi connectivity index (χ2n) is 6.61. The molecule has 27 heavy (non-hydrogen) atoms. The Morgan fingerprint density at radius 1 is 1.11 bits per heavy atom. The van der Waals surface area contributed by atoms with Crippen LogP contribution in [0, 0.1) is 12.7 Å². The van der Waals surface area contributed by atoms with Crippen LogP contribution in [0.2, 0.25) is 0 Å². The van der Waals surface area contributed by atoms with Crippen LogP contribution < -0.4 is 0 Å². The molecule has 0 unspecified atom stereocenters. The minimum Gasteiger partial charge on any atom is -0.339 e. The molecule has 2 heterocycles. The Morgan fingerprint density at radius 3 is 2.30 bits per heavy atom. The van der Waals surface area contributed by atoms with Crippen LogP contribution in [-0.4, -0.2) is 51.7 Å². The number of aromatic nitrogens is 2. The minimum absolute atomic E-state index is 0.208. The Balaban J connectivity index is 1.53. The number of carbonyl (C=O) groups is 1. The van der Waals surface area contributed by atoms with Crippen molar-refractivity contribution in [2.75, 3.05) is 26.2 Å². The van der Waals surface area contributed by atoms with E-state index in [4.69, 9.17) is 0 Å². The molecule has 0 N–H and O–H groups in total. The second-order valence-corrected chi connectivity index (χ2v) is 6.61. The summed E-state index contributed by atoms with van der Waals surface area (Å²) >= 11 is 0.